The van der Waals surface area contributed by atoms with Crippen LogP contribution in [-0.4, -0.2) is 47.0 Å². The lowest BCUT2D eigenvalue weighted by Gasteiger charge is -2.37. The maximum Gasteiger partial charge on any atom is 0.222 e. The number of carbonyl (C=O) groups is 1. The molecule has 26 heavy (non-hydrogen) atoms. The number of likely N-dealkylation sites (tertiary alicyclic amines) is 1. The zero-order valence-electron chi connectivity index (χ0n) is 15.4. The Hall–Kier alpha value is -2.50. The number of anilines is 1. The zero-order valence-corrected chi connectivity index (χ0v) is 15.4. The fourth-order valence-electron chi connectivity index (χ4n) is 3.45. The Morgan fingerprint density at radius 2 is 2.08 bits per heavy atom. The van der Waals surface area contributed by atoms with Crippen LogP contribution in [0, 0.1) is 12.7 Å². The number of carbonyl (C=O) groups excluding carboxylic acids is 1. The Morgan fingerprint density at radius 1 is 1.31 bits per heavy atom. The number of amides is 1. The van der Waals surface area contributed by atoms with Crippen LogP contribution in [-0.2, 0) is 11.2 Å². The van der Waals surface area contributed by atoms with Crippen molar-refractivity contribution in [2.24, 2.45) is 0 Å². The van der Waals surface area contributed by atoms with Gasteiger partial charge in [-0.15, -0.1) is 0 Å². The highest BCUT2D eigenvalue weighted by Gasteiger charge is 2.25. The molecule has 0 atom stereocenters. The number of aromatic nitrogens is 2. The van der Waals surface area contributed by atoms with E-state index in [9.17, 15) is 9.18 Å². The lowest BCUT2D eigenvalue weighted by molar-refractivity contribution is -0.132. The van der Waals surface area contributed by atoms with Crippen molar-refractivity contribution in [2.75, 3.05) is 25.0 Å². The molecule has 0 unspecified atom stereocenters. The lowest BCUT2D eigenvalue weighted by atomic mass is 10.0. The molecular weight excluding hydrogens is 331 g/mol. The van der Waals surface area contributed by atoms with Crippen molar-refractivity contribution in [3.8, 4) is 0 Å². The Labute approximate surface area is 153 Å². The third-order valence-electron chi connectivity index (χ3n) is 5.14. The maximum atomic E-state index is 13.3. The van der Waals surface area contributed by atoms with Gasteiger partial charge in [0.25, 0.3) is 0 Å². The molecule has 0 spiro atoms. The summed E-state index contributed by atoms with van der Waals surface area (Å²) < 4.78 is 13.3. The van der Waals surface area contributed by atoms with Crippen molar-refractivity contribution in [1.82, 2.24) is 14.9 Å². The monoisotopic (exact) mass is 356 g/mol. The minimum absolute atomic E-state index is 0.176. The van der Waals surface area contributed by atoms with Crippen molar-refractivity contribution in [1.29, 1.82) is 0 Å². The van der Waals surface area contributed by atoms with Crippen molar-refractivity contribution in [3.63, 3.8) is 0 Å². The molecule has 2 aromatic rings. The number of benzene rings is 1. The second-order valence-electron chi connectivity index (χ2n) is 6.87. The molecule has 1 aliphatic heterocycles. The molecule has 0 radical (unpaired) electrons. The van der Waals surface area contributed by atoms with Gasteiger partial charge in [-0.3, -0.25) is 4.79 Å². The zero-order chi connectivity index (χ0) is 18.5. The average molecular weight is 356 g/mol. The maximum absolute atomic E-state index is 13.3. The molecule has 1 fully saturated rings. The van der Waals surface area contributed by atoms with E-state index < -0.39 is 0 Å². The largest absolute Gasteiger partial charge is 0.356 e. The first-order chi connectivity index (χ1) is 12.5. The number of aryl methyl sites for hydroxylation is 2. The van der Waals surface area contributed by atoms with Gasteiger partial charge in [0, 0.05) is 38.8 Å². The van der Waals surface area contributed by atoms with Gasteiger partial charge in [-0.1, -0.05) is 12.1 Å². The van der Waals surface area contributed by atoms with Crippen LogP contribution >= 0.6 is 0 Å². The number of piperidine rings is 1. The van der Waals surface area contributed by atoms with Crippen molar-refractivity contribution >= 4 is 11.7 Å². The Kier molecular flexibility index (Phi) is 5.81. The minimum atomic E-state index is -0.199. The Morgan fingerprint density at radius 3 is 2.73 bits per heavy atom. The molecule has 5 nitrogen and oxygen atoms in total. The molecule has 138 valence electrons. The van der Waals surface area contributed by atoms with Crippen molar-refractivity contribution < 1.29 is 9.18 Å². The van der Waals surface area contributed by atoms with Crippen LogP contribution < -0.4 is 4.90 Å². The van der Waals surface area contributed by atoms with Gasteiger partial charge in [-0.25, -0.2) is 14.4 Å². The van der Waals surface area contributed by atoms with Gasteiger partial charge in [0.2, 0.25) is 5.91 Å². The predicted molar refractivity (Wildman–Crippen MR) is 99.5 cm³/mol. The molecule has 6 heteroatoms. The topological polar surface area (TPSA) is 49.3 Å². The summed E-state index contributed by atoms with van der Waals surface area (Å²) in [7, 11) is 2.04. The van der Waals surface area contributed by atoms with E-state index in [-0.39, 0.29) is 11.7 Å². The van der Waals surface area contributed by atoms with Gasteiger partial charge in [0.1, 0.15) is 18.0 Å². The molecule has 3 rings (SSSR count). The Balaban J connectivity index is 1.48. The number of rotatable bonds is 5. The first-order valence-electron chi connectivity index (χ1n) is 9.06. The molecule has 1 aromatic heterocycles. The molecule has 1 amide bonds. The third kappa shape index (κ3) is 4.36. The van der Waals surface area contributed by atoms with Crippen molar-refractivity contribution in [3.05, 3.63) is 53.7 Å². The van der Waals surface area contributed by atoms with E-state index in [1.807, 2.05) is 24.1 Å². The molecule has 0 bridgehead atoms. The highest BCUT2D eigenvalue weighted by Crippen LogP contribution is 2.21. The number of hydrogen-bond donors (Lipinski definition) is 0. The van der Waals surface area contributed by atoms with E-state index >= 15 is 0 Å². The molecule has 1 aliphatic rings. The fraction of sp³-hybridized carbons (Fsp3) is 0.450. The van der Waals surface area contributed by atoms with Crippen molar-refractivity contribution in [2.45, 2.75) is 38.6 Å². The van der Waals surface area contributed by atoms with Gasteiger partial charge in [-0.2, -0.15) is 0 Å². The molecule has 0 saturated carbocycles. The summed E-state index contributed by atoms with van der Waals surface area (Å²) in [5.74, 6) is 0.890. The van der Waals surface area contributed by atoms with Crippen LogP contribution in [0.25, 0.3) is 0 Å². The summed E-state index contributed by atoms with van der Waals surface area (Å²) in [6.07, 6.45) is 6.29. The second kappa shape index (κ2) is 8.25. The third-order valence-corrected chi connectivity index (χ3v) is 5.14. The summed E-state index contributed by atoms with van der Waals surface area (Å²) in [4.78, 5) is 24.8. The molecule has 0 N–H and O–H groups in total. The van der Waals surface area contributed by atoms with Gasteiger partial charge in [0.05, 0.1) is 0 Å². The molecule has 1 aromatic carbocycles. The minimum Gasteiger partial charge on any atom is -0.356 e. The van der Waals surface area contributed by atoms with Gasteiger partial charge in [-0.05, 0) is 49.4 Å². The highest BCUT2D eigenvalue weighted by atomic mass is 19.1. The number of halogens is 1. The Bertz CT molecular complexity index is 745. The molecule has 1 saturated heterocycles. The van der Waals surface area contributed by atoms with Crippen LogP contribution in [0.2, 0.25) is 0 Å². The summed E-state index contributed by atoms with van der Waals surface area (Å²) in [6, 6.07) is 7.35. The smallest absolute Gasteiger partial charge is 0.222 e. The first-order valence-corrected chi connectivity index (χ1v) is 9.06. The lowest BCUT2D eigenvalue weighted by Crippen LogP contribution is -2.46. The van der Waals surface area contributed by atoms with E-state index in [1.165, 1.54) is 6.07 Å². The van der Waals surface area contributed by atoms with Crippen LogP contribution in [0.5, 0.6) is 0 Å². The number of nitrogens with zero attached hydrogens (tertiary/aromatic N) is 4. The van der Waals surface area contributed by atoms with E-state index in [1.54, 1.807) is 25.5 Å². The summed E-state index contributed by atoms with van der Waals surface area (Å²) in [5, 5.41) is 0. The van der Waals surface area contributed by atoms with Crippen LogP contribution in [0.15, 0.2) is 36.8 Å². The van der Waals surface area contributed by atoms with Crippen LogP contribution in [0.4, 0.5) is 10.2 Å². The molecule has 0 aliphatic carbocycles. The van der Waals surface area contributed by atoms with Gasteiger partial charge < -0.3 is 9.80 Å². The van der Waals surface area contributed by atoms with E-state index in [0.29, 0.717) is 24.4 Å². The summed E-state index contributed by atoms with van der Waals surface area (Å²) >= 11 is 0. The SMILES string of the molecule is Cc1cc(CCC(=O)N2CCC(N(C)c3ccncn3)CC2)ccc1F. The number of hydrogen-bond acceptors (Lipinski definition) is 4. The first kappa shape index (κ1) is 18.3. The highest BCUT2D eigenvalue weighted by molar-refractivity contribution is 5.76. The second-order valence-corrected chi connectivity index (χ2v) is 6.87. The molecule has 2 heterocycles. The van der Waals surface area contributed by atoms with Gasteiger partial charge in [0.15, 0.2) is 0 Å². The standard InChI is InChI=1S/C20H25FN4O/c1-15-13-16(3-5-18(15)21)4-6-20(26)25-11-8-17(9-12-25)24(2)19-7-10-22-14-23-19/h3,5,7,10,13-14,17H,4,6,8-9,11-12H2,1-2H3. The summed E-state index contributed by atoms with van der Waals surface area (Å²) in [6.45, 7) is 3.28. The fourth-order valence-corrected chi connectivity index (χ4v) is 3.45. The normalized spacial score (nSPS) is 15.1. The van der Waals surface area contributed by atoms with Crippen LogP contribution in [0.1, 0.15) is 30.4 Å². The van der Waals surface area contributed by atoms with E-state index in [2.05, 4.69) is 14.9 Å². The van der Waals surface area contributed by atoms with E-state index in [0.717, 1.165) is 37.3 Å². The molecular formula is C20H25FN4O. The van der Waals surface area contributed by atoms with E-state index in [4.69, 9.17) is 0 Å². The van der Waals surface area contributed by atoms with Crippen LogP contribution in [0.3, 0.4) is 0 Å². The predicted octanol–water partition coefficient (Wildman–Crippen LogP) is 2.98. The average Bonchev–Trinajstić information content (AvgIpc) is 2.69. The quantitative estimate of drug-likeness (QED) is 0.826. The summed E-state index contributed by atoms with van der Waals surface area (Å²) in [5.41, 5.74) is 1.64. The van der Waals surface area contributed by atoms with Gasteiger partial charge >= 0.3 is 0 Å².